The Bertz CT molecular complexity index is 4280. The van der Waals surface area contributed by atoms with E-state index in [0.29, 0.717) is 0 Å². The highest BCUT2D eigenvalue weighted by Gasteiger charge is 2.55. The molecular formula is C62H44B3N9. The van der Waals surface area contributed by atoms with Gasteiger partial charge in [-0.3, -0.25) is 17.9 Å². The lowest BCUT2D eigenvalue weighted by Gasteiger charge is -2.57. The van der Waals surface area contributed by atoms with E-state index in [1.807, 2.05) is 0 Å². The Morgan fingerprint density at radius 3 is 1.09 bits per heavy atom. The van der Waals surface area contributed by atoms with Gasteiger partial charge in [0.15, 0.2) is 0 Å². The zero-order valence-corrected chi connectivity index (χ0v) is 40.2. The number of aromatic nitrogens is 6. The van der Waals surface area contributed by atoms with Gasteiger partial charge in [0.05, 0.1) is 55.5 Å². The molecule has 0 atom stereocenters. The van der Waals surface area contributed by atoms with Gasteiger partial charge in [-0.2, -0.15) is 0 Å². The van der Waals surface area contributed by atoms with Crippen LogP contribution in [0.4, 0.5) is 17.1 Å². The average molecular weight is 948 g/mol. The summed E-state index contributed by atoms with van der Waals surface area (Å²) in [6.07, 6.45) is 0. The van der Waals surface area contributed by atoms with Crippen LogP contribution in [-0.2, 0) is 0 Å². The summed E-state index contributed by atoms with van der Waals surface area (Å²) in [5.41, 5.74) is 17.2. The molecule has 10 aromatic carbocycles. The molecule has 346 valence electrons. The maximum atomic E-state index is 5.49. The van der Waals surface area contributed by atoms with Gasteiger partial charge in [0.25, 0.3) is 0 Å². The maximum absolute atomic E-state index is 5.49. The fourth-order valence-corrected chi connectivity index (χ4v) is 11.9. The molecular weight excluding hydrogens is 903 g/mol. The van der Waals surface area contributed by atoms with Gasteiger partial charge in [-0.25, -0.2) is 9.97 Å². The van der Waals surface area contributed by atoms with Crippen LogP contribution >= 0.6 is 0 Å². The van der Waals surface area contributed by atoms with E-state index in [1.165, 1.54) is 16.4 Å². The van der Waals surface area contributed by atoms with Crippen LogP contribution in [0, 0.1) is 0 Å². The highest BCUT2D eigenvalue weighted by atomic mass is 15.3. The van der Waals surface area contributed by atoms with Crippen molar-refractivity contribution in [3.05, 3.63) is 267 Å². The second kappa shape index (κ2) is 17.0. The largest absolute Gasteiger partial charge is 0.416 e. The molecule has 0 unspecified atom stereocenters. The zero-order chi connectivity index (χ0) is 48.7. The third-order valence-electron chi connectivity index (χ3n) is 14.9. The van der Waals surface area contributed by atoms with Crippen molar-refractivity contribution in [3.8, 4) is 11.4 Å². The standard InChI is InChI=1S/C62H44B3N9/c1-6-23-45(24-7-1)63-72(48-29-12-4-13-30-48)64(46-25-8-2-9-26-46)74(65(47-27-10-3-11-28-47)73(63)49-31-14-5-15-32-49)52-34-22-33-50(43-52)68-57-38-19-21-40-59(57)71-60-44-51(41-42-54(60)67-62(68)71)69-56-37-18-20-39-58(56)70-55-36-17-16-35-53(55)66-61(69)70/h1-44H. The first-order chi connectivity index (χ1) is 36.8. The van der Waals surface area contributed by atoms with E-state index >= 15 is 0 Å². The number of imidazole rings is 4. The van der Waals surface area contributed by atoms with Crippen molar-refractivity contribution in [1.29, 1.82) is 0 Å². The van der Waals surface area contributed by atoms with Gasteiger partial charge in [0.2, 0.25) is 11.6 Å². The fraction of sp³-hybridized carbons (Fsp3) is 0. The van der Waals surface area contributed by atoms with Gasteiger partial charge in [-0.1, -0.05) is 170 Å². The number of para-hydroxylation sites is 8. The Hall–Kier alpha value is -9.67. The van der Waals surface area contributed by atoms with Gasteiger partial charge in [-0.05, 0) is 113 Å². The summed E-state index contributed by atoms with van der Waals surface area (Å²) in [6, 6.07) is 96.2. The lowest BCUT2D eigenvalue weighted by atomic mass is 9.37. The molecule has 0 radical (unpaired) electrons. The third kappa shape index (κ3) is 6.47. The molecule has 0 aliphatic carbocycles. The Morgan fingerprint density at radius 1 is 0.243 bits per heavy atom. The average Bonchev–Trinajstić information content (AvgIpc) is 4.23. The maximum Gasteiger partial charge on any atom is 0.388 e. The first-order valence-electron chi connectivity index (χ1n) is 25.3. The number of hydrogen-bond donors (Lipinski definition) is 0. The first-order valence-corrected chi connectivity index (χ1v) is 25.3. The Kier molecular flexibility index (Phi) is 9.66. The van der Waals surface area contributed by atoms with Crippen LogP contribution in [0.1, 0.15) is 0 Å². The van der Waals surface area contributed by atoms with E-state index in [4.69, 9.17) is 9.97 Å². The van der Waals surface area contributed by atoms with Crippen LogP contribution in [0.3, 0.4) is 0 Å². The predicted octanol–water partition coefficient (Wildman–Crippen LogP) is 11.2. The van der Waals surface area contributed by atoms with Crippen LogP contribution in [0.5, 0.6) is 0 Å². The normalized spacial score (nSPS) is 13.2. The van der Waals surface area contributed by atoms with Crippen molar-refractivity contribution in [2.24, 2.45) is 0 Å². The van der Waals surface area contributed by atoms with Crippen molar-refractivity contribution in [3.63, 3.8) is 0 Å². The van der Waals surface area contributed by atoms with E-state index in [2.05, 4.69) is 299 Å². The minimum atomic E-state index is -0.276. The first kappa shape index (κ1) is 42.1. The van der Waals surface area contributed by atoms with Crippen LogP contribution in [-0.4, -0.2) is 48.9 Å². The van der Waals surface area contributed by atoms with Gasteiger partial charge in [-0.15, -0.1) is 0 Å². The van der Waals surface area contributed by atoms with E-state index in [1.54, 1.807) is 0 Å². The SMILES string of the molecule is c1ccc(B2N(c3ccccc3)B(c3ccccc3)N(c3cccc(-n4c5ccccc5n5c6cc(-n7c8ccccc8n8c9ccccc9nc78)ccc6nc45)c3)B(c3ccccc3)N2c2ccccc2)cc1. The molecule has 0 amide bonds. The highest BCUT2D eigenvalue weighted by Crippen LogP contribution is 2.37. The van der Waals surface area contributed by atoms with E-state index in [-0.39, 0.29) is 20.9 Å². The number of anilines is 3. The summed E-state index contributed by atoms with van der Waals surface area (Å²) in [5, 5.41) is 0. The molecule has 0 N–H and O–H groups in total. The molecule has 12 heteroatoms. The second-order valence-electron chi connectivity index (χ2n) is 19.1. The van der Waals surface area contributed by atoms with Crippen molar-refractivity contribution in [1.82, 2.24) is 27.9 Å². The smallest absolute Gasteiger partial charge is 0.388 e. The molecule has 5 heterocycles. The minimum absolute atomic E-state index is 0.223. The number of fused-ring (bicyclic) bond motifs is 10. The number of nitrogens with zero attached hydrogens (tertiary/aromatic N) is 9. The topological polar surface area (TPSA) is 54.2 Å². The van der Waals surface area contributed by atoms with E-state index < -0.39 is 0 Å². The zero-order valence-electron chi connectivity index (χ0n) is 40.2. The number of benzene rings is 10. The van der Waals surface area contributed by atoms with E-state index in [0.717, 1.165) is 84.1 Å². The molecule has 9 nitrogen and oxygen atoms in total. The molecule has 0 spiro atoms. The summed E-state index contributed by atoms with van der Waals surface area (Å²) in [6.45, 7) is -0.775. The summed E-state index contributed by atoms with van der Waals surface area (Å²) < 4.78 is 17.1. The van der Waals surface area contributed by atoms with E-state index in [9.17, 15) is 0 Å². The highest BCUT2D eigenvalue weighted by molar-refractivity contribution is 7.14. The summed E-state index contributed by atoms with van der Waals surface area (Å²) in [7, 11) is 0. The van der Waals surface area contributed by atoms with Gasteiger partial charge in [0, 0.05) is 17.1 Å². The number of hydrogen-bond acceptors (Lipinski definition) is 5. The summed E-state index contributed by atoms with van der Waals surface area (Å²) in [4.78, 5) is 10.7. The number of rotatable bonds is 8. The molecule has 1 aliphatic heterocycles. The summed E-state index contributed by atoms with van der Waals surface area (Å²) in [5.74, 6) is 1.71. The Morgan fingerprint density at radius 2 is 0.595 bits per heavy atom. The second-order valence-corrected chi connectivity index (χ2v) is 19.1. The molecule has 15 rings (SSSR count). The van der Waals surface area contributed by atoms with Gasteiger partial charge in [0.1, 0.15) is 0 Å². The molecule has 1 saturated heterocycles. The van der Waals surface area contributed by atoms with Crippen molar-refractivity contribution in [2.45, 2.75) is 0 Å². The lowest BCUT2D eigenvalue weighted by molar-refractivity contribution is 1.10. The van der Waals surface area contributed by atoms with Crippen LogP contribution < -0.4 is 30.6 Å². The van der Waals surface area contributed by atoms with Crippen LogP contribution in [0.25, 0.3) is 67.1 Å². The Labute approximate surface area is 428 Å². The van der Waals surface area contributed by atoms with Crippen LogP contribution in [0.15, 0.2) is 267 Å². The van der Waals surface area contributed by atoms with Crippen molar-refractivity contribution >= 4 is 110 Å². The van der Waals surface area contributed by atoms with Crippen LogP contribution in [0.2, 0.25) is 0 Å². The molecule has 1 fully saturated rings. The molecule has 74 heavy (non-hydrogen) atoms. The third-order valence-corrected chi connectivity index (χ3v) is 14.9. The summed E-state index contributed by atoms with van der Waals surface area (Å²) >= 11 is 0. The Balaban J connectivity index is 0.968. The fourth-order valence-electron chi connectivity index (χ4n) is 11.9. The predicted molar refractivity (Wildman–Crippen MR) is 308 cm³/mol. The van der Waals surface area contributed by atoms with Gasteiger partial charge >= 0.3 is 20.9 Å². The quantitative estimate of drug-likeness (QED) is 0.142. The molecule has 4 aromatic heterocycles. The molecule has 0 bridgehead atoms. The molecule has 14 aromatic rings. The van der Waals surface area contributed by atoms with Crippen molar-refractivity contribution < 1.29 is 0 Å². The lowest BCUT2D eigenvalue weighted by Crippen LogP contribution is -2.86. The molecule has 1 aliphatic rings. The monoisotopic (exact) mass is 947 g/mol. The van der Waals surface area contributed by atoms with Gasteiger partial charge < -0.3 is 14.2 Å². The minimum Gasteiger partial charge on any atom is -0.416 e. The van der Waals surface area contributed by atoms with Crippen molar-refractivity contribution in [2.75, 3.05) is 14.2 Å². The molecule has 0 saturated carbocycles.